The second-order valence-corrected chi connectivity index (χ2v) is 4.70. The maximum Gasteiger partial charge on any atom is 0.319 e. The van der Waals surface area contributed by atoms with E-state index in [0.29, 0.717) is 11.6 Å². The van der Waals surface area contributed by atoms with Crippen molar-refractivity contribution in [1.82, 2.24) is 10.2 Å². The van der Waals surface area contributed by atoms with Crippen molar-refractivity contribution in [3.8, 4) is 0 Å². The van der Waals surface area contributed by atoms with Crippen LogP contribution in [0.4, 0.5) is 4.79 Å². The number of nitrogens with one attached hydrogen (secondary N) is 1. The van der Waals surface area contributed by atoms with Crippen molar-refractivity contribution in [2.24, 2.45) is 5.73 Å². The highest BCUT2D eigenvalue weighted by Crippen LogP contribution is 2.11. The molecule has 3 amide bonds. The Morgan fingerprint density at radius 1 is 1.24 bits per heavy atom. The Hall–Kier alpha value is -2.12. The maximum atomic E-state index is 11.6. The monoisotopic (exact) mass is 313 g/mol. The van der Waals surface area contributed by atoms with E-state index < -0.39 is 17.9 Å². The van der Waals surface area contributed by atoms with E-state index in [-0.39, 0.29) is 13.1 Å². The number of urea groups is 1. The Morgan fingerprint density at radius 2 is 1.86 bits per heavy atom. The van der Waals surface area contributed by atoms with Crippen LogP contribution in [0, 0.1) is 0 Å². The second kappa shape index (κ2) is 8.23. The minimum absolute atomic E-state index is 0.0920. The van der Waals surface area contributed by atoms with Crippen LogP contribution in [0.5, 0.6) is 0 Å². The predicted molar refractivity (Wildman–Crippen MR) is 76.5 cm³/mol. The van der Waals surface area contributed by atoms with E-state index in [1.807, 2.05) is 5.32 Å². The van der Waals surface area contributed by atoms with Gasteiger partial charge in [0.1, 0.15) is 0 Å². The average molecular weight is 314 g/mol. The highest BCUT2D eigenvalue weighted by Gasteiger charge is 2.16. The number of nitrogens with two attached hydrogens (primary N) is 1. The molecule has 7 nitrogen and oxygen atoms in total. The van der Waals surface area contributed by atoms with E-state index in [2.05, 4.69) is 4.74 Å². The molecule has 0 aliphatic carbocycles. The van der Waals surface area contributed by atoms with Crippen molar-refractivity contribution in [2.45, 2.75) is 6.54 Å². The summed E-state index contributed by atoms with van der Waals surface area (Å²) in [6, 6.07) is 6.02. The molecule has 0 saturated carbocycles. The van der Waals surface area contributed by atoms with Crippen molar-refractivity contribution in [3.05, 3.63) is 34.9 Å². The van der Waals surface area contributed by atoms with Crippen LogP contribution in [-0.2, 0) is 20.9 Å². The molecule has 1 aromatic carbocycles. The van der Waals surface area contributed by atoms with Crippen molar-refractivity contribution in [3.63, 3.8) is 0 Å². The molecule has 8 heteroatoms. The van der Waals surface area contributed by atoms with E-state index in [1.165, 1.54) is 12.0 Å². The summed E-state index contributed by atoms with van der Waals surface area (Å²) in [6.07, 6.45) is 0. The molecule has 0 aliphatic heterocycles. The van der Waals surface area contributed by atoms with Gasteiger partial charge in [-0.1, -0.05) is 23.7 Å². The Balaban J connectivity index is 2.71. The first kappa shape index (κ1) is 16.9. The average Bonchev–Trinajstić information content (AvgIpc) is 2.40. The van der Waals surface area contributed by atoms with Crippen LogP contribution in [0.3, 0.4) is 0 Å². The largest absolute Gasteiger partial charge is 0.468 e. The SMILES string of the molecule is COC(=O)CN(CC(=O)NC(N)=O)Cc1ccc(Cl)cc1. The molecule has 0 aromatic heterocycles. The molecular weight excluding hydrogens is 298 g/mol. The Morgan fingerprint density at radius 3 is 2.38 bits per heavy atom. The first-order valence-electron chi connectivity index (χ1n) is 6.03. The third kappa shape index (κ3) is 6.73. The van der Waals surface area contributed by atoms with Gasteiger partial charge in [-0.05, 0) is 17.7 Å². The van der Waals surface area contributed by atoms with E-state index in [1.54, 1.807) is 24.3 Å². The lowest BCUT2D eigenvalue weighted by Crippen LogP contribution is -2.43. The fourth-order valence-corrected chi connectivity index (χ4v) is 1.77. The number of methoxy groups -OCH3 is 1. The predicted octanol–water partition coefficient (Wildman–Crippen LogP) is 0.510. The molecule has 1 aromatic rings. The minimum Gasteiger partial charge on any atom is -0.468 e. The number of hydrogen-bond donors (Lipinski definition) is 2. The summed E-state index contributed by atoms with van der Waals surface area (Å²) in [7, 11) is 1.26. The van der Waals surface area contributed by atoms with Crippen LogP contribution in [0.15, 0.2) is 24.3 Å². The van der Waals surface area contributed by atoms with E-state index in [0.717, 1.165) is 5.56 Å². The smallest absolute Gasteiger partial charge is 0.319 e. The van der Waals surface area contributed by atoms with Crippen molar-refractivity contribution >= 4 is 29.5 Å². The maximum absolute atomic E-state index is 11.6. The van der Waals surface area contributed by atoms with Gasteiger partial charge in [0, 0.05) is 11.6 Å². The summed E-state index contributed by atoms with van der Waals surface area (Å²) in [5, 5.41) is 2.53. The van der Waals surface area contributed by atoms with E-state index >= 15 is 0 Å². The Labute approximate surface area is 127 Å². The lowest BCUT2D eigenvalue weighted by atomic mass is 10.2. The van der Waals surface area contributed by atoms with Gasteiger partial charge in [0.25, 0.3) is 0 Å². The number of amides is 3. The zero-order valence-corrected chi connectivity index (χ0v) is 12.2. The van der Waals surface area contributed by atoms with Crippen LogP contribution < -0.4 is 11.1 Å². The number of halogens is 1. The molecular formula is C13H16ClN3O4. The topological polar surface area (TPSA) is 102 Å². The van der Waals surface area contributed by atoms with Crippen LogP contribution in [0.25, 0.3) is 0 Å². The number of nitrogens with zero attached hydrogens (tertiary/aromatic N) is 1. The van der Waals surface area contributed by atoms with Crippen molar-refractivity contribution in [1.29, 1.82) is 0 Å². The summed E-state index contributed by atoms with van der Waals surface area (Å²) in [6.45, 7) is 0.0599. The lowest BCUT2D eigenvalue weighted by molar-refractivity contribution is -0.142. The van der Waals surface area contributed by atoms with Crippen LogP contribution in [0.1, 0.15) is 5.56 Å². The zero-order valence-electron chi connectivity index (χ0n) is 11.5. The molecule has 0 spiro atoms. The molecule has 0 fully saturated rings. The third-order valence-electron chi connectivity index (χ3n) is 2.53. The van der Waals surface area contributed by atoms with Gasteiger partial charge in [0.2, 0.25) is 5.91 Å². The number of carbonyl (C=O) groups excluding carboxylic acids is 3. The molecule has 114 valence electrons. The fraction of sp³-hybridized carbons (Fsp3) is 0.308. The summed E-state index contributed by atoms with van der Waals surface area (Å²) in [4.78, 5) is 35.1. The molecule has 21 heavy (non-hydrogen) atoms. The van der Waals surface area contributed by atoms with Gasteiger partial charge in [-0.2, -0.15) is 0 Å². The number of hydrogen-bond acceptors (Lipinski definition) is 5. The molecule has 0 saturated heterocycles. The van der Waals surface area contributed by atoms with Crippen LogP contribution in [-0.4, -0.2) is 43.0 Å². The van der Waals surface area contributed by atoms with Crippen molar-refractivity contribution in [2.75, 3.05) is 20.2 Å². The summed E-state index contributed by atoms with van der Waals surface area (Å²) >= 11 is 5.79. The second-order valence-electron chi connectivity index (χ2n) is 4.26. The minimum atomic E-state index is -0.940. The Bertz CT molecular complexity index is 519. The van der Waals surface area contributed by atoms with Gasteiger partial charge in [-0.15, -0.1) is 0 Å². The highest BCUT2D eigenvalue weighted by atomic mass is 35.5. The number of carbonyl (C=O) groups is 3. The number of rotatable bonds is 6. The van der Waals surface area contributed by atoms with Crippen molar-refractivity contribution < 1.29 is 19.1 Å². The normalized spacial score (nSPS) is 10.2. The van der Waals surface area contributed by atoms with Gasteiger partial charge in [0.15, 0.2) is 0 Å². The highest BCUT2D eigenvalue weighted by molar-refractivity contribution is 6.30. The number of imide groups is 1. The fourth-order valence-electron chi connectivity index (χ4n) is 1.64. The zero-order chi connectivity index (χ0) is 15.8. The van der Waals surface area contributed by atoms with Crippen LogP contribution >= 0.6 is 11.6 Å². The molecule has 0 radical (unpaired) electrons. The first-order chi connectivity index (χ1) is 9.90. The van der Waals surface area contributed by atoms with Gasteiger partial charge >= 0.3 is 12.0 Å². The summed E-state index contributed by atoms with van der Waals surface area (Å²) in [5.41, 5.74) is 5.73. The van der Waals surface area contributed by atoms with E-state index in [9.17, 15) is 14.4 Å². The summed E-state index contributed by atoms with van der Waals surface area (Å²) in [5.74, 6) is -1.09. The molecule has 0 aliphatic rings. The standard InChI is InChI=1S/C13H16ClN3O4/c1-21-12(19)8-17(7-11(18)16-13(15)20)6-9-2-4-10(14)5-3-9/h2-5H,6-8H2,1H3,(H3,15,16,18,20). The van der Waals surface area contributed by atoms with Gasteiger partial charge in [-0.25, -0.2) is 4.79 Å². The number of esters is 1. The Kier molecular flexibility index (Phi) is 6.64. The van der Waals surface area contributed by atoms with Gasteiger partial charge < -0.3 is 10.5 Å². The number of benzene rings is 1. The molecule has 1 rings (SSSR count). The molecule has 0 bridgehead atoms. The third-order valence-corrected chi connectivity index (χ3v) is 2.78. The molecule has 3 N–H and O–H groups in total. The quantitative estimate of drug-likeness (QED) is 0.745. The van der Waals surface area contributed by atoms with Gasteiger partial charge in [0.05, 0.1) is 20.2 Å². The molecule has 0 unspecified atom stereocenters. The summed E-state index contributed by atoms with van der Waals surface area (Å²) < 4.78 is 4.58. The molecule has 0 heterocycles. The lowest BCUT2D eigenvalue weighted by Gasteiger charge is -2.20. The van der Waals surface area contributed by atoms with Gasteiger partial charge in [-0.3, -0.25) is 19.8 Å². The molecule has 0 atom stereocenters. The number of ether oxygens (including phenoxy) is 1. The van der Waals surface area contributed by atoms with Crippen LogP contribution in [0.2, 0.25) is 5.02 Å². The first-order valence-corrected chi connectivity index (χ1v) is 6.41. The number of primary amides is 1. The van der Waals surface area contributed by atoms with E-state index in [4.69, 9.17) is 17.3 Å².